The second-order valence-corrected chi connectivity index (χ2v) is 4.99. The van der Waals surface area contributed by atoms with Gasteiger partial charge in [-0.3, -0.25) is 0 Å². The minimum absolute atomic E-state index is 0.0653. The van der Waals surface area contributed by atoms with Crippen molar-refractivity contribution < 1.29 is 9.13 Å². The van der Waals surface area contributed by atoms with Crippen LogP contribution >= 0.6 is 11.6 Å². The number of fused-ring (bicyclic) bond motifs is 1. The number of methoxy groups -OCH3 is 1. The SMILES string of the molecule is COC1CC(n2c(N)nc3cc(Cl)c(F)cc32)C1. The number of ether oxygens (including phenoxy) is 1. The number of hydrogen-bond donors (Lipinski definition) is 1. The average molecular weight is 270 g/mol. The van der Waals surface area contributed by atoms with Crippen molar-refractivity contribution in [2.45, 2.75) is 25.0 Å². The molecule has 18 heavy (non-hydrogen) atoms. The first-order valence-corrected chi connectivity index (χ1v) is 6.13. The Labute approximate surface area is 108 Å². The van der Waals surface area contributed by atoms with Gasteiger partial charge in [0.2, 0.25) is 5.95 Å². The predicted molar refractivity (Wildman–Crippen MR) is 68.2 cm³/mol. The molecule has 1 aromatic carbocycles. The quantitative estimate of drug-likeness (QED) is 0.912. The van der Waals surface area contributed by atoms with Crippen LogP contribution in [0.15, 0.2) is 12.1 Å². The molecule has 4 nitrogen and oxygen atoms in total. The van der Waals surface area contributed by atoms with Gasteiger partial charge in [-0.05, 0) is 18.9 Å². The highest BCUT2D eigenvalue weighted by Gasteiger charge is 2.32. The van der Waals surface area contributed by atoms with Crippen LogP contribution in [-0.2, 0) is 4.74 Å². The highest BCUT2D eigenvalue weighted by Crippen LogP contribution is 2.38. The Morgan fingerprint density at radius 2 is 2.22 bits per heavy atom. The molecule has 1 heterocycles. The second kappa shape index (κ2) is 4.10. The third-order valence-corrected chi connectivity index (χ3v) is 3.82. The lowest BCUT2D eigenvalue weighted by atomic mass is 9.89. The van der Waals surface area contributed by atoms with E-state index in [1.54, 1.807) is 7.11 Å². The maximum absolute atomic E-state index is 13.5. The van der Waals surface area contributed by atoms with Crippen LogP contribution in [0.25, 0.3) is 11.0 Å². The molecule has 0 atom stereocenters. The molecule has 2 aromatic rings. The van der Waals surface area contributed by atoms with Crippen LogP contribution < -0.4 is 5.73 Å². The Balaban J connectivity index is 2.06. The molecule has 1 aliphatic rings. The van der Waals surface area contributed by atoms with Crippen LogP contribution in [0.1, 0.15) is 18.9 Å². The van der Waals surface area contributed by atoms with Crippen molar-refractivity contribution >= 4 is 28.6 Å². The third-order valence-electron chi connectivity index (χ3n) is 3.53. The van der Waals surface area contributed by atoms with Gasteiger partial charge in [-0.1, -0.05) is 11.6 Å². The fraction of sp³-hybridized carbons (Fsp3) is 0.417. The van der Waals surface area contributed by atoms with Crippen LogP contribution in [-0.4, -0.2) is 22.8 Å². The summed E-state index contributed by atoms with van der Waals surface area (Å²) in [4.78, 5) is 4.22. The summed E-state index contributed by atoms with van der Waals surface area (Å²) >= 11 is 5.74. The lowest BCUT2D eigenvalue weighted by Gasteiger charge is -2.35. The van der Waals surface area contributed by atoms with E-state index in [1.807, 2.05) is 4.57 Å². The standard InChI is InChI=1S/C12H13ClFN3O/c1-18-7-2-6(3-7)17-11-5-9(14)8(13)4-10(11)16-12(17)15/h4-7H,2-3H2,1H3,(H2,15,16). The van der Waals surface area contributed by atoms with Gasteiger partial charge in [0.25, 0.3) is 0 Å². The number of nitrogens with two attached hydrogens (primary N) is 1. The van der Waals surface area contributed by atoms with Crippen LogP contribution in [0.4, 0.5) is 10.3 Å². The molecular weight excluding hydrogens is 257 g/mol. The molecule has 0 spiro atoms. The summed E-state index contributed by atoms with van der Waals surface area (Å²) in [6.45, 7) is 0. The van der Waals surface area contributed by atoms with E-state index in [0.717, 1.165) is 12.8 Å². The molecule has 1 aliphatic carbocycles. The molecule has 1 aromatic heterocycles. The molecule has 6 heteroatoms. The van der Waals surface area contributed by atoms with Gasteiger partial charge in [-0.2, -0.15) is 0 Å². The monoisotopic (exact) mass is 269 g/mol. The van der Waals surface area contributed by atoms with Crippen molar-refractivity contribution in [3.63, 3.8) is 0 Å². The Hall–Kier alpha value is -1.33. The summed E-state index contributed by atoms with van der Waals surface area (Å²) < 4.78 is 20.6. The number of nitrogen functional groups attached to an aromatic ring is 1. The van der Waals surface area contributed by atoms with E-state index in [9.17, 15) is 4.39 Å². The molecule has 1 saturated carbocycles. The number of nitrogens with zero attached hydrogens (tertiary/aromatic N) is 2. The van der Waals surface area contributed by atoms with Gasteiger partial charge < -0.3 is 15.0 Å². The smallest absolute Gasteiger partial charge is 0.201 e. The third kappa shape index (κ3) is 1.66. The number of anilines is 1. The average Bonchev–Trinajstić information content (AvgIpc) is 2.55. The number of halogens is 2. The summed E-state index contributed by atoms with van der Waals surface area (Å²) in [6, 6.07) is 3.12. The molecule has 0 aliphatic heterocycles. The minimum Gasteiger partial charge on any atom is -0.381 e. The van der Waals surface area contributed by atoms with Crippen molar-refractivity contribution in [2.24, 2.45) is 0 Å². The second-order valence-electron chi connectivity index (χ2n) is 4.58. The van der Waals surface area contributed by atoms with Gasteiger partial charge in [0, 0.05) is 19.2 Å². The lowest BCUT2D eigenvalue weighted by molar-refractivity contribution is 0.00797. The number of aromatic nitrogens is 2. The van der Waals surface area contributed by atoms with Gasteiger partial charge >= 0.3 is 0 Å². The maximum atomic E-state index is 13.5. The molecule has 3 rings (SSSR count). The summed E-state index contributed by atoms with van der Waals surface area (Å²) in [5.74, 6) is -0.0563. The van der Waals surface area contributed by atoms with E-state index >= 15 is 0 Å². The zero-order valence-electron chi connectivity index (χ0n) is 9.86. The van der Waals surface area contributed by atoms with Crippen molar-refractivity contribution in [1.82, 2.24) is 9.55 Å². The van der Waals surface area contributed by atoms with Crippen LogP contribution in [0.3, 0.4) is 0 Å². The van der Waals surface area contributed by atoms with Crippen molar-refractivity contribution in [3.05, 3.63) is 23.0 Å². The molecule has 0 amide bonds. The highest BCUT2D eigenvalue weighted by atomic mass is 35.5. The first kappa shape index (κ1) is 11.7. The van der Waals surface area contributed by atoms with Crippen molar-refractivity contribution in [2.75, 3.05) is 12.8 Å². The maximum Gasteiger partial charge on any atom is 0.201 e. The van der Waals surface area contributed by atoms with E-state index in [1.165, 1.54) is 12.1 Å². The van der Waals surface area contributed by atoms with E-state index in [0.29, 0.717) is 17.0 Å². The number of hydrogen-bond acceptors (Lipinski definition) is 3. The molecule has 0 bridgehead atoms. The van der Waals surface area contributed by atoms with Crippen LogP contribution in [0, 0.1) is 5.82 Å². The predicted octanol–water partition coefficient (Wildman–Crippen LogP) is 2.76. The van der Waals surface area contributed by atoms with Gasteiger partial charge in [0.05, 0.1) is 22.2 Å². The highest BCUT2D eigenvalue weighted by molar-refractivity contribution is 6.31. The topological polar surface area (TPSA) is 53.1 Å². The zero-order chi connectivity index (χ0) is 12.9. The summed E-state index contributed by atoms with van der Waals surface area (Å²) in [5, 5.41) is 0.0653. The van der Waals surface area contributed by atoms with E-state index in [4.69, 9.17) is 22.1 Å². The minimum atomic E-state index is -0.451. The number of rotatable bonds is 2. The van der Waals surface area contributed by atoms with Crippen LogP contribution in [0.2, 0.25) is 5.02 Å². The van der Waals surface area contributed by atoms with E-state index in [2.05, 4.69) is 4.98 Å². The van der Waals surface area contributed by atoms with Gasteiger partial charge in [-0.15, -0.1) is 0 Å². The van der Waals surface area contributed by atoms with Gasteiger partial charge in [0.1, 0.15) is 5.82 Å². The fourth-order valence-corrected chi connectivity index (χ4v) is 2.59. The molecule has 2 N–H and O–H groups in total. The molecule has 1 fully saturated rings. The summed E-state index contributed by atoms with van der Waals surface area (Å²) in [5.41, 5.74) is 7.21. The zero-order valence-corrected chi connectivity index (χ0v) is 10.6. The normalized spacial score (nSPS) is 23.3. The van der Waals surface area contributed by atoms with Crippen LogP contribution in [0.5, 0.6) is 0 Å². The van der Waals surface area contributed by atoms with Gasteiger partial charge in [-0.25, -0.2) is 9.37 Å². The Kier molecular flexibility index (Phi) is 2.68. The van der Waals surface area contributed by atoms with Crippen molar-refractivity contribution in [3.8, 4) is 0 Å². The Morgan fingerprint density at radius 3 is 2.89 bits per heavy atom. The summed E-state index contributed by atoms with van der Waals surface area (Å²) in [7, 11) is 1.69. The summed E-state index contributed by atoms with van der Waals surface area (Å²) in [6.07, 6.45) is 2.00. The van der Waals surface area contributed by atoms with E-state index < -0.39 is 5.82 Å². The van der Waals surface area contributed by atoms with E-state index in [-0.39, 0.29) is 17.2 Å². The fourth-order valence-electron chi connectivity index (χ4n) is 2.43. The van der Waals surface area contributed by atoms with Gasteiger partial charge in [0.15, 0.2) is 0 Å². The molecular formula is C12H13ClFN3O. The number of benzene rings is 1. The molecule has 0 radical (unpaired) electrons. The first-order valence-electron chi connectivity index (χ1n) is 5.75. The molecule has 96 valence electrons. The van der Waals surface area contributed by atoms with Crippen molar-refractivity contribution in [1.29, 1.82) is 0 Å². The first-order chi connectivity index (χ1) is 8.60. The largest absolute Gasteiger partial charge is 0.381 e. The number of imidazole rings is 1. The molecule has 0 saturated heterocycles. The Bertz CT molecular complexity index is 607. The Morgan fingerprint density at radius 1 is 1.50 bits per heavy atom. The lowest BCUT2D eigenvalue weighted by Crippen LogP contribution is -2.33. The molecule has 0 unspecified atom stereocenters.